The van der Waals surface area contributed by atoms with E-state index in [1.54, 1.807) is 0 Å². The number of hydrogen-bond donors (Lipinski definition) is 1. The summed E-state index contributed by atoms with van der Waals surface area (Å²) >= 11 is 0. The van der Waals surface area contributed by atoms with E-state index >= 15 is 0 Å². The molecule has 0 bridgehead atoms. The zero-order valence-electron chi connectivity index (χ0n) is 10.7. The monoisotopic (exact) mass is 233 g/mol. The lowest BCUT2D eigenvalue weighted by atomic mass is 9.89. The smallest absolute Gasteiger partial charge is 0.0434 e. The molecule has 0 atom stereocenters. The topological polar surface area (TPSA) is 23.5 Å². The van der Waals surface area contributed by atoms with Gasteiger partial charge in [0, 0.05) is 6.61 Å². The second-order valence-corrected chi connectivity index (χ2v) is 5.15. The maximum absolute atomic E-state index is 8.81. The second kappa shape index (κ2) is 6.18. The zero-order chi connectivity index (χ0) is 12.1. The van der Waals surface area contributed by atoms with E-state index in [4.69, 9.17) is 5.11 Å². The third kappa shape index (κ3) is 3.55. The van der Waals surface area contributed by atoms with Crippen LogP contribution in [0.5, 0.6) is 0 Å². The molecule has 94 valence electrons. The normalized spacial score (nSPS) is 18.5. The number of nitrogens with zero attached hydrogens (tertiary/aromatic N) is 1. The van der Waals surface area contributed by atoms with E-state index in [0.717, 1.165) is 18.8 Å². The fraction of sp³-hybridized carbons (Fsp3) is 0.600. The molecule has 2 nitrogen and oxygen atoms in total. The molecule has 1 fully saturated rings. The zero-order valence-corrected chi connectivity index (χ0v) is 10.7. The van der Waals surface area contributed by atoms with Gasteiger partial charge in [0.2, 0.25) is 0 Å². The van der Waals surface area contributed by atoms with Gasteiger partial charge in [-0.3, -0.25) is 0 Å². The molecule has 1 heterocycles. The van der Waals surface area contributed by atoms with Crippen molar-refractivity contribution >= 4 is 0 Å². The summed E-state index contributed by atoms with van der Waals surface area (Å²) in [5.74, 6) is 0.748. The van der Waals surface area contributed by atoms with Crippen LogP contribution >= 0.6 is 0 Å². The molecule has 1 aliphatic heterocycles. The Morgan fingerprint density at radius 2 is 1.82 bits per heavy atom. The van der Waals surface area contributed by atoms with Crippen LogP contribution in [0.2, 0.25) is 0 Å². The third-order valence-corrected chi connectivity index (χ3v) is 3.79. The summed E-state index contributed by atoms with van der Waals surface area (Å²) in [6.07, 6.45) is 4.43. The second-order valence-electron chi connectivity index (χ2n) is 5.15. The van der Waals surface area contributed by atoms with Crippen molar-refractivity contribution in [3.8, 4) is 0 Å². The van der Waals surface area contributed by atoms with Crippen molar-refractivity contribution < 1.29 is 5.11 Å². The molecular weight excluding hydrogens is 210 g/mol. The minimum Gasteiger partial charge on any atom is -0.396 e. The first-order chi connectivity index (χ1) is 8.29. The van der Waals surface area contributed by atoms with Gasteiger partial charge in [-0.15, -0.1) is 0 Å². The van der Waals surface area contributed by atoms with Crippen LogP contribution in [-0.4, -0.2) is 36.8 Å². The molecule has 1 aromatic rings. The van der Waals surface area contributed by atoms with Crippen molar-refractivity contribution in [1.29, 1.82) is 0 Å². The van der Waals surface area contributed by atoms with Crippen molar-refractivity contribution in [1.82, 2.24) is 4.90 Å². The lowest BCUT2D eigenvalue weighted by molar-refractivity contribution is 0.255. The van der Waals surface area contributed by atoms with Gasteiger partial charge in [-0.25, -0.2) is 0 Å². The molecule has 17 heavy (non-hydrogen) atoms. The number of likely N-dealkylation sites (tertiary alicyclic amines) is 1. The Balaban J connectivity index is 1.93. The van der Waals surface area contributed by atoms with E-state index in [2.05, 4.69) is 36.2 Å². The summed E-state index contributed by atoms with van der Waals surface area (Å²) in [5, 5.41) is 8.81. The maximum Gasteiger partial charge on any atom is 0.0434 e. The van der Waals surface area contributed by atoms with Crippen LogP contribution in [-0.2, 0) is 6.42 Å². The van der Waals surface area contributed by atoms with Gasteiger partial charge in [-0.05, 0) is 62.9 Å². The largest absolute Gasteiger partial charge is 0.396 e. The SMILES string of the molecule is CN1CCC(c2ccc(CCCO)cc2)CC1. The highest BCUT2D eigenvalue weighted by atomic mass is 16.2. The Morgan fingerprint density at radius 3 is 2.41 bits per heavy atom. The standard InChI is InChI=1S/C15H23NO/c1-16-10-8-15(9-11-16)14-6-4-13(5-7-14)3-2-12-17/h4-7,15,17H,2-3,8-12H2,1H3. The minimum atomic E-state index is 0.288. The van der Waals surface area contributed by atoms with Crippen LogP contribution in [0.4, 0.5) is 0 Å². The van der Waals surface area contributed by atoms with Crippen LogP contribution < -0.4 is 0 Å². The van der Waals surface area contributed by atoms with E-state index in [1.165, 1.54) is 37.1 Å². The predicted molar refractivity (Wildman–Crippen MR) is 71.3 cm³/mol. The molecule has 0 aromatic heterocycles. The highest BCUT2D eigenvalue weighted by Gasteiger charge is 2.17. The van der Waals surface area contributed by atoms with E-state index in [-0.39, 0.29) is 6.61 Å². The molecule has 0 spiro atoms. The van der Waals surface area contributed by atoms with Gasteiger partial charge in [0.05, 0.1) is 0 Å². The number of benzene rings is 1. The first kappa shape index (κ1) is 12.6. The van der Waals surface area contributed by atoms with Crippen LogP contribution in [0.25, 0.3) is 0 Å². The number of rotatable bonds is 4. The number of piperidine rings is 1. The molecule has 1 saturated heterocycles. The summed E-state index contributed by atoms with van der Waals surface area (Å²) in [6, 6.07) is 9.01. The lowest BCUT2D eigenvalue weighted by Gasteiger charge is -2.29. The molecule has 0 radical (unpaired) electrons. The number of aryl methyl sites for hydroxylation is 1. The lowest BCUT2D eigenvalue weighted by Crippen LogP contribution is -2.29. The Bertz CT molecular complexity index is 325. The van der Waals surface area contributed by atoms with Gasteiger partial charge in [0.1, 0.15) is 0 Å². The van der Waals surface area contributed by atoms with Crippen molar-refractivity contribution in [2.45, 2.75) is 31.6 Å². The van der Waals surface area contributed by atoms with E-state index < -0.39 is 0 Å². The summed E-state index contributed by atoms with van der Waals surface area (Å²) in [4.78, 5) is 2.41. The Morgan fingerprint density at radius 1 is 1.18 bits per heavy atom. The molecular formula is C15H23NO. The molecule has 1 aliphatic rings. The molecule has 2 heteroatoms. The maximum atomic E-state index is 8.81. The van der Waals surface area contributed by atoms with E-state index in [0.29, 0.717) is 0 Å². The van der Waals surface area contributed by atoms with Gasteiger partial charge in [0.15, 0.2) is 0 Å². The van der Waals surface area contributed by atoms with E-state index in [9.17, 15) is 0 Å². The molecule has 2 rings (SSSR count). The minimum absolute atomic E-state index is 0.288. The van der Waals surface area contributed by atoms with Crippen molar-refractivity contribution in [2.75, 3.05) is 26.7 Å². The van der Waals surface area contributed by atoms with Crippen LogP contribution in [0, 0.1) is 0 Å². The summed E-state index contributed by atoms with van der Waals surface area (Å²) in [7, 11) is 2.20. The number of hydrogen-bond acceptors (Lipinski definition) is 2. The molecule has 0 aliphatic carbocycles. The average molecular weight is 233 g/mol. The third-order valence-electron chi connectivity index (χ3n) is 3.79. The highest BCUT2D eigenvalue weighted by Crippen LogP contribution is 2.27. The van der Waals surface area contributed by atoms with Crippen LogP contribution in [0.3, 0.4) is 0 Å². The molecule has 0 saturated carbocycles. The Hall–Kier alpha value is -0.860. The summed E-state index contributed by atoms with van der Waals surface area (Å²) < 4.78 is 0. The fourth-order valence-corrected chi connectivity index (χ4v) is 2.58. The average Bonchev–Trinajstić information content (AvgIpc) is 2.38. The van der Waals surface area contributed by atoms with Gasteiger partial charge < -0.3 is 10.0 Å². The summed E-state index contributed by atoms with van der Waals surface area (Å²) in [5.41, 5.74) is 2.83. The fourth-order valence-electron chi connectivity index (χ4n) is 2.58. The van der Waals surface area contributed by atoms with Gasteiger partial charge in [-0.2, -0.15) is 0 Å². The van der Waals surface area contributed by atoms with Gasteiger partial charge in [-0.1, -0.05) is 24.3 Å². The molecule has 1 aromatic carbocycles. The Labute approximate surface area is 104 Å². The first-order valence-electron chi connectivity index (χ1n) is 6.68. The Kier molecular flexibility index (Phi) is 4.57. The van der Waals surface area contributed by atoms with Gasteiger partial charge in [0.25, 0.3) is 0 Å². The van der Waals surface area contributed by atoms with Crippen molar-refractivity contribution in [2.24, 2.45) is 0 Å². The number of aliphatic hydroxyl groups excluding tert-OH is 1. The molecule has 0 unspecified atom stereocenters. The molecule has 0 amide bonds. The highest BCUT2D eigenvalue weighted by molar-refractivity contribution is 5.26. The summed E-state index contributed by atoms with van der Waals surface area (Å²) in [6.45, 7) is 2.73. The van der Waals surface area contributed by atoms with Crippen molar-refractivity contribution in [3.05, 3.63) is 35.4 Å². The van der Waals surface area contributed by atoms with Crippen LogP contribution in [0.1, 0.15) is 36.3 Å². The predicted octanol–water partition coefficient (Wildman–Crippen LogP) is 2.42. The van der Waals surface area contributed by atoms with Crippen LogP contribution in [0.15, 0.2) is 24.3 Å². The molecule has 1 N–H and O–H groups in total. The number of aliphatic hydroxyl groups is 1. The van der Waals surface area contributed by atoms with Gasteiger partial charge >= 0.3 is 0 Å². The van der Waals surface area contributed by atoms with Crippen molar-refractivity contribution in [3.63, 3.8) is 0 Å². The quantitative estimate of drug-likeness (QED) is 0.863. The van der Waals surface area contributed by atoms with E-state index in [1.807, 2.05) is 0 Å². The first-order valence-corrected chi connectivity index (χ1v) is 6.68.